The van der Waals surface area contributed by atoms with E-state index in [0.717, 1.165) is 16.8 Å². The first-order valence-corrected chi connectivity index (χ1v) is 9.89. The number of aryl methyl sites for hydroxylation is 2. The van der Waals surface area contributed by atoms with Gasteiger partial charge < -0.3 is 4.90 Å². The van der Waals surface area contributed by atoms with E-state index in [1.54, 1.807) is 22.6 Å². The number of amides is 1. The lowest BCUT2D eigenvalue weighted by atomic mass is 9.94. The van der Waals surface area contributed by atoms with Crippen LogP contribution in [-0.4, -0.2) is 27.4 Å². The summed E-state index contributed by atoms with van der Waals surface area (Å²) in [5.74, 6) is 0.558. The SMILES string of the molecule is Cc1ccc(C)c(-n2c(C(C)N(C)C(=O)C(C)(C)C)nc3ccccc3c2=O)c1. The summed E-state index contributed by atoms with van der Waals surface area (Å²) >= 11 is 0. The molecular weight excluding hydrogens is 362 g/mol. The van der Waals surface area contributed by atoms with Gasteiger partial charge in [0, 0.05) is 12.5 Å². The van der Waals surface area contributed by atoms with E-state index in [0.29, 0.717) is 16.7 Å². The maximum atomic E-state index is 13.5. The first-order chi connectivity index (χ1) is 13.5. The molecule has 0 saturated heterocycles. The fraction of sp³-hybridized carbons (Fsp3) is 0.375. The van der Waals surface area contributed by atoms with Gasteiger partial charge in [0.05, 0.1) is 22.6 Å². The van der Waals surface area contributed by atoms with Gasteiger partial charge in [-0.05, 0) is 50.1 Å². The molecule has 1 aromatic heterocycles. The zero-order valence-corrected chi connectivity index (χ0v) is 18.3. The molecule has 3 rings (SSSR count). The molecule has 5 nitrogen and oxygen atoms in total. The van der Waals surface area contributed by atoms with Crippen molar-refractivity contribution in [3.63, 3.8) is 0 Å². The Balaban J connectivity index is 2.32. The maximum Gasteiger partial charge on any atom is 0.266 e. The minimum absolute atomic E-state index is 0.0000724. The fourth-order valence-corrected chi connectivity index (χ4v) is 3.50. The maximum absolute atomic E-state index is 13.5. The first-order valence-electron chi connectivity index (χ1n) is 9.89. The Morgan fingerprint density at radius 1 is 1.10 bits per heavy atom. The molecule has 5 heteroatoms. The number of fused-ring (bicyclic) bond motifs is 1. The molecular formula is C24H29N3O2. The first kappa shape index (κ1) is 20.8. The van der Waals surface area contributed by atoms with Crippen LogP contribution >= 0.6 is 0 Å². The van der Waals surface area contributed by atoms with Crippen molar-refractivity contribution < 1.29 is 4.79 Å². The van der Waals surface area contributed by atoms with Crippen molar-refractivity contribution in [2.24, 2.45) is 5.41 Å². The number of hydrogen-bond donors (Lipinski definition) is 0. The molecule has 0 fully saturated rings. The van der Waals surface area contributed by atoms with Crippen LogP contribution in [0.15, 0.2) is 47.3 Å². The summed E-state index contributed by atoms with van der Waals surface area (Å²) < 4.78 is 1.67. The van der Waals surface area contributed by atoms with E-state index in [-0.39, 0.29) is 17.5 Å². The van der Waals surface area contributed by atoms with Crippen molar-refractivity contribution >= 4 is 16.8 Å². The molecule has 3 aromatic rings. The molecule has 1 atom stereocenters. The zero-order chi connectivity index (χ0) is 21.5. The van der Waals surface area contributed by atoms with Gasteiger partial charge in [0.25, 0.3) is 5.56 Å². The van der Waals surface area contributed by atoms with Crippen LogP contribution < -0.4 is 5.56 Å². The number of nitrogens with zero attached hydrogens (tertiary/aromatic N) is 3. The van der Waals surface area contributed by atoms with Crippen LogP contribution in [0.2, 0.25) is 0 Å². The van der Waals surface area contributed by atoms with Gasteiger partial charge in [0.1, 0.15) is 5.82 Å². The van der Waals surface area contributed by atoms with E-state index >= 15 is 0 Å². The van der Waals surface area contributed by atoms with Crippen molar-refractivity contribution in [3.05, 3.63) is 69.8 Å². The van der Waals surface area contributed by atoms with Crippen molar-refractivity contribution in [2.75, 3.05) is 7.05 Å². The van der Waals surface area contributed by atoms with E-state index in [9.17, 15) is 9.59 Å². The fourth-order valence-electron chi connectivity index (χ4n) is 3.50. The van der Waals surface area contributed by atoms with E-state index in [1.165, 1.54) is 0 Å². The normalized spacial score (nSPS) is 12.8. The largest absolute Gasteiger partial charge is 0.335 e. The molecule has 1 unspecified atom stereocenters. The highest BCUT2D eigenvalue weighted by atomic mass is 16.2. The van der Waals surface area contributed by atoms with Crippen LogP contribution in [0.1, 0.15) is 50.7 Å². The summed E-state index contributed by atoms with van der Waals surface area (Å²) in [6.07, 6.45) is 0. The Morgan fingerprint density at radius 2 is 1.76 bits per heavy atom. The van der Waals surface area contributed by atoms with E-state index in [4.69, 9.17) is 4.98 Å². The predicted molar refractivity (Wildman–Crippen MR) is 117 cm³/mol. The van der Waals surface area contributed by atoms with Crippen LogP contribution in [0.3, 0.4) is 0 Å². The average Bonchev–Trinajstić information content (AvgIpc) is 2.67. The monoisotopic (exact) mass is 391 g/mol. The van der Waals surface area contributed by atoms with Gasteiger partial charge in [0.15, 0.2) is 0 Å². The summed E-state index contributed by atoms with van der Waals surface area (Å²) in [5, 5.41) is 0.564. The highest BCUT2D eigenvalue weighted by Gasteiger charge is 2.31. The second kappa shape index (κ2) is 7.47. The lowest BCUT2D eigenvalue weighted by Crippen LogP contribution is -2.40. The van der Waals surface area contributed by atoms with Crippen molar-refractivity contribution in [1.29, 1.82) is 0 Å². The number of aromatic nitrogens is 2. The molecule has 29 heavy (non-hydrogen) atoms. The lowest BCUT2D eigenvalue weighted by Gasteiger charge is -2.32. The predicted octanol–water partition coefficient (Wildman–Crippen LogP) is 4.57. The number of hydrogen-bond acceptors (Lipinski definition) is 3. The average molecular weight is 392 g/mol. The van der Waals surface area contributed by atoms with Crippen LogP contribution in [0.4, 0.5) is 0 Å². The Hall–Kier alpha value is -2.95. The van der Waals surface area contributed by atoms with Crippen LogP contribution in [0.25, 0.3) is 16.6 Å². The minimum atomic E-state index is -0.524. The third kappa shape index (κ3) is 3.82. The smallest absolute Gasteiger partial charge is 0.266 e. The number of rotatable bonds is 3. The van der Waals surface area contributed by atoms with Crippen molar-refractivity contribution in [1.82, 2.24) is 14.5 Å². The van der Waals surface area contributed by atoms with Gasteiger partial charge in [-0.25, -0.2) is 4.98 Å². The molecule has 0 N–H and O–H groups in total. The van der Waals surface area contributed by atoms with E-state index in [2.05, 4.69) is 0 Å². The number of para-hydroxylation sites is 1. The Kier molecular flexibility index (Phi) is 5.35. The minimum Gasteiger partial charge on any atom is -0.335 e. The molecule has 0 aliphatic carbocycles. The summed E-state index contributed by atoms with van der Waals surface area (Å²) in [6, 6.07) is 13.0. The van der Waals surface area contributed by atoms with Crippen LogP contribution in [0, 0.1) is 19.3 Å². The highest BCUT2D eigenvalue weighted by molar-refractivity contribution is 5.82. The van der Waals surface area contributed by atoms with Gasteiger partial charge in [-0.15, -0.1) is 0 Å². The second-order valence-electron chi connectivity index (χ2n) is 8.76. The summed E-state index contributed by atoms with van der Waals surface area (Å²) in [6.45, 7) is 11.6. The van der Waals surface area contributed by atoms with Crippen LogP contribution in [0.5, 0.6) is 0 Å². The topological polar surface area (TPSA) is 55.2 Å². The van der Waals surface area contributed by atoms with Gasteiger partial charge in [-0.3, -0.25) is 14.2 Å². The van der Waals surface area contributed by atoms with Crippen molar-refractivity contribution in [3.8, 4) is 5.69 Å². The molecule has 0 spiro atoms. The second-order valence-corrected chi connectivity index (χ2v) is 8.76. The molecule has 1 amide bonds. The van der Waals surface area contributed by atoms with Gasteiger partial charge in [0.2, 0.25) is 5.91 Å². The molecule has 0 aliphatic rings. The Labute approximate surface area is 172 Å². The number of carbonyl (C=O) groups excluding carboxylic acids is 1. The van der Waals surface area contributed by atoms with Gasteiger partial charge in [-0.1, -0.05) is 45.0 Å². The highest BCUT2D eigenvalue weighted by Crippen LogP contribution is 2.27. The molecule has 1 heterocycles. The molecule has 152 valence electrons. The van der Waals surface area contributed by atoms with Gasteiger partial charge >= 0.3 is 0 Å². The standard InChI is InChI=1S/C24H29N3O2/c1-15-12-13-16(2)20(14-15)27-21(17(3)26(7)23(29)24(4,5)6)25-19-11-9-8-10-18(19)22(27)28/h8-14,17H,1-7H3. The lowest BCUT2D eigenvalue weighted by molar-refractivity contribution is -0.140. The quantitative estimate of drug-likeness (QED) is 0.657. The zero-order valence-electron chi connectivity index (χ0n) is 18.3. The summed E-state index contributed by atoms with van der Waals surface area (Å²) in [7, 11) is 1.77. The molecule has 0 aliphatic heterocycles. The third-order valence-electron chi connectivity index (χ3n) is 5.32. The molecule has 2 aromatic carbocycles. The Morgan fingerprint density at radius 3 is 2.41 bits per heavy atom. The number of benzene rings is 2. The van der Waals surface area contributed by atoms with Crippen LogP contribution in [-0.2, 0) is 4.79 Å². The van der Waals surface area contributed by atoms with E-state index < -0.39 is 5.41 Å². The third-order valence-corrected chi connectivity index (χ3v) is 5.32. The summed E-state index contributed by atoms with van der Waals surface area (Å²) in [4.78, 5) is 33.0. The molecule has 0 bridgehead atoms. The molecule has 0 saturated carbocycles. The van der Waals surface area contributed by atoms with E-state index in [1.807, 2.05) is 77.9 Å². The van der Waals surface area contributed by atoms with Gasteiger partial charge in [-0.2, -0.15) is 0 Å². The Bertz CT molecular complexity index is 1140. The van der Waals surface area contributed by atoms with Crippen molar-refractivity contribution in [2.45, 2.75) is 47.6 Å². The summed E-state index contributed by atoms with van der Waals surface area (Å²) in [5.41, 5.74) is 2.83. The number of carbonyl (C=O) groups is 1. The molecule has 0 radical (unpaired) electrons.